The number of carbonyl (C=O) groups excluding carboxylic acids is 1. The van der Waals surface area contributed by atoms with Crippen molar-refractivity contribution in [1.29, 1.82) is 0 Å². The highest BCUT2D eigenvalue weighted by atomic mass is 32.2. The van der Waals surface area contributed by atoms with E-state index in [1.54, 1.807) is 27.7 Å². The van der Waals surface area contributed by atoms with Crippen molar-refractivity contribution in [2.24, 2.45) is 0 Å². The Bertz CT molecular complexity index is 1310. The van der Waals surface area contributed by atoms with Crippen molar-refractivity contribution in [3.63, 3.8) is 0 Å². The van der Waals surface area contributed by atoms with Crippen molar-refractivity contribution in [1.82, 2.24) is 24.6 Å². The van der Waals surface area contributed by atoms with Gasteiger partial charge in [0.1, 0.15) is 11.3 Å². The lowest BCUT2D eigenvalue weighted by molar-refractivity contribution is -0.118. The molecule has 0 radical (unpaired) electrons. The van der Waals surface area contributed by atoms with Gasteiger partial charge >= 0.3 is 0 Å². The molecule has 3 heterocycles. The third kappa shape index (κ3) is 5.12. The van der Waals surface area contributed by atoms with Crippen molar-refractivity contribution in [2.75, 3.05) is 12.9 Å². The van der Waals surface area contributed by atoms with Crippen LogP contribution in [0, 0.1) is 6.92 Å². The van der Waals surface area contributed by atoms with Crippen LogP contribution in [0.1, 0.15) is 23.1 Å². The SMILES string of the molecule is CCn1nc(C)c2nc(SCC(=O)NCc3ccc(OC)cc3)n(Cc3cccs3)c(=O)c21. The summed E-state index contributed by atoms with van der Waals surface area (Å²) in [7, 11) is 1.62. The van der Waals surface area contributed by atoms with E-state index in [1.165, 1.54) is 11.8 Å². The number of rotatable bonds is 9. The number of fused-ring (bicyclic) bond motifs is 1. The third-order valence-electron chi connectivity index (χ3n) is 5.16. The van der Waals surface area contributed by atoms with Crippen molar-refractivity contribution < 1.29 is 9.53 Å². The molecule has 1 aromatic carbocycles. The quantitative estimate of drug-likeness (QED) is 0.290. The zero-order valence-corrected chi connectivity index (χ0v) is 20.3. The fourth-order valence-corrected chi connectivity index (χ4v) is 4.96. The van der Waals surface area contributed by atoms with Gasteiger partial charge in [0, 0.05) is 18.0 Å². The predicted octanol–water partition coefficient (Wildman–Crippen LogP) is 3.45. The Labute approximate surface area is 199 Å². The van der Waals surface area contributed by atoms with Crippen LogP contribution in [0.2, 0.25) is 0 Å². The minimum atomic E-state index is -0.142. The summed E-state index contributed by atoms with van der Waals surface area (Å²) >= 11 is 2.84. The molecule has 0 aliphatic heterocycles. The maximum absolute atomic E-state index is 13.4. The molecule has 172 valence electrons. The van der Waals surface area contributed by atoms with Gasteiger partial charge < -0.3 is 10.1 Å². The van der Waals surface area contributed by atoms with Crippen molar-refractivity contribution in [2.45, 2.75) is 38.6 Å². The number of amides is 1. The van der Waals surface area contributed by atoms with Crippen LogP contribution in [0.25, 0.3) is 11.0 Å². The Morgan fingerprint density at radius 2 is 2.03 bits per heavy atom. The molecule has 4 aromatic rings. The first-order valence-corrected chi connectivity index (χ1v) is 12.4. The van der Waals surface area contributed by atoms with Crippen molar-refractivity contribution in [3.05, 3.63) is 68.3 Å². The van der Waals surface area contributed by atoms with Gasteiger partial charge in [-0.2, -0.15) is 5.10 Å². The highest BCUT2D eigenvalue weighted by Gasteiger charge is 2.19. The lowest BCUT2D eigenvalue weighted by atomic mass is 10.2. The lowest BCUT2D eigenvalue weighted by Gasteiger charge is -2.12. The van der Waals surface area contributed by atoms with E-state index in [2.05, 4.69) is 10.4 Å². The summed E-state index contributed by atoms with van der Waals surface area (Å²) < 4.78 is 8.49. The Morgan fingerprint density at radius 1 is 1.24 bits per heavy atom. The molecule has 1 amide bonds. The average molecular weight is 484 g/mol. The summed E-state index contributed by atoms with van der Waals surface area (Å²) in [5.74, 6) is 0.792. The number of hydrogen-bond donors (Lipinski definition) is 1. The van der Waals surface area contributed by atoms with E-state index in [0.29, 0.717) is 41.5 Å². The standard InChI is InChI=1S/C23H25N5O3S2/c1-4-28-21-20(15(2)26-28)25-23(27(22(21)30)13-18-6-5-11-32-18)33-14-19(29)24-12-16-7-9-17(31-3)10-8-16/h5-11H,4,12-14H2,1-3H3,(H,24,29). The molecule has 0 fully saturated rings. The molecule has 0 aliphatic carbocycles. The van der Waals surface area contributed by atoms with Crippen LogP contribution in [-0.2, 0) is 24.4 Å². The number of ether oxygens (including phenoxy) is 1. The number of benzene rings is 1. The number of aromatic nitrogens is 4. The Hall–Kier alpha value is -3.11. The van der Waals surface area contributed by atoms with Crippen molar-refractivity contribution >= 4 is 40.0 Å². The van der Waals surface area contributed by atoms with Gasteiger partial charge in [0.2, 0.25) is 5.91 Å². The second-order valence-corrected chi connectivity index (χ2v) is 9.35. The molecule has 0 aliphatic rings. The van der Waals surface area contributed by atoms with E-state index < -0.39 is 0 Å². The maximum Gasteiger partial charge on any atom is 0.280 e. The fraction of sp³-hybridized carbons (Fsp3) is 0.304. The largest absolute Gasteiger partial charge is 0.497 e. The minimum absolute atomic E-state index is 0.131. The van der Waals surface area contributed by atoms with Gasteiger partial charge in [0.15, 0.2) is 10.7 Å². The van der Waals surface area contributed by atoms with Crippen LogP contribution in [0.4, 0.5) is 0 Å². The van der Waals surface area contributed by atoms with Crippen LogP contribution in [0.3, 0.4) is 0 Å². The number of nitrogens with zero attached hydrogens (tertiary/aromatic N) is 4. The lowest BCUT2D eigenvalue weighted by Crippen LogP contribution is -2.27. The van der Waals surface area contributed by atoms with Gasteiger partial charge in [-0.3, -0.25) is 18.8 Å². The van der Waals surface area contributed by atoms with E-state index in [9.17, 15) is 9.59 Å². The monoisotopic (exact) mass is 483 g/mol. The molecular formula is C23H25N5O3S2. The molecule has 0 bridgehead atoms. The summed E-state index contributed by atoms with van der Waals surface area (Å²) in [6, 6.07) is 11.5. The van der Waals surface area contributed by atoms with Gasteiger partial charge in [-0.05, 0) is 43.0 Å². The zero-order valence-electron chi connectivity index (χ0n) is 18.7. The summed E-state index contributed by atoms with van der Waals surface area (Å²) in [5.41, 5.74) is 2.63. The van der Waals surface area contributed by atoms with Crippen LogP contribution in [-0.4, -0.2) is 38.1 Å². The predicted molar refractivity (Wildman–Crippen MR) is 131 cm³/mol. The number of thioether (sulfide) groups is 1. The van der Waals surface area contributed by atoms with Crippen LogP contribution < -0.4 is 15.6 Å². The molecule has 8 nitrogen and oxygen atoms in total. The van der Waals surface area contributed by atoms with Crippen LogP contribution in [0.5, 0.6) is 5.75 Å². The van der Waals surface area contributed by atoms with Crippen LogP contribution >= 0.6 is 23.1 Å². The Morgan fingerprint density at radius 3 is 2.70 bits per heavy atom. The van der Waals surface area contributed by atoms with Crippen molar-refractivity contribution in [3.8, 4) is 5.75 Å². The van der Waals surface area contributed by atoms with Gasteiger partial charge in [0.25, 0.3) is 5.56 Å². The number of hydrogen-bond acceptors (Lipinski definition) is 7. The first-order valence-electron chi connectivity index (χ1n) is 10.5. The second kappa shape index (κ2) is 10.2. The third-order valence-corrected chi connectivity index (χ3v) is 6.99. The fourth-order valence-electron chi connectivity index (χ4n) is 3.45. The van der Waals surface area contributed by atoms with E-state index in [0.717, 1.165) is 16.2 Å². The van der Waals surface area contributed by atoms with E-state index >= 15 is 0 Å². The molecule has 4 rings (SSSR count). The second-order valence-electron chi connectivity index (χ2n) is 7.38. The number of methoxy groups -OCH3 is 1. The molecule has 0 saturated heterocycles. The van der Waals surface area contributed by atoms with E-state index in [-0.39, 0.29) is 17.2 Å². The molecule has 33 heavy (non-hydrogen) atoms. The summed E-state index contributed by atoms with van der Waals surface area (Å²) in [6.45, 7) is 5.20. The topological polar surface area (TPSA) is 91.0 Å². The highest BCUT2D eigenvalue weighted by Crippen LogP contribution is 2.22. The minimum Gasteiger partial charge on any atom is -0.497 e. The highest BCUT2D eigenvalue weighted by molar-refractivity contribution is 7.99. The number of nitrogens with one attached hydrogen (secondary N) is 1. The van der Waals surface area contributed by atoms with Gasteiger partial charge in [0.05, 0.1) is 25.1 Å². The molecule has 1 N–H and O–H groups in total. The first-order chi connectivity index (χ1) is 16.0. The molecule has 10 heteroatoms. The molecule has 0 unspecified atom stereocenters. The average Bonchev–Trinajstić information content (AvgIpc) is 3.46. The summed E-state index contributed by atoms with van der Waals surface area (Å²) in [5, 5.41) is 9.87. The van der Waals surface area contributed by atoms with Gasteiger partial charge in [-0.1, -0.05) is 30.0 Å². The molecule has 0 atom stereocenters. The molecule has 0 saturated carbocycles. The van der Waals surface area contributed by atoms with Crippen LogP contribution in [0.15, 0.2) is 51.7 Å². The smallest absolute Gasteiger partial charge is 0.280 e. The number of aryl methyl sites for hydroxylation is 2. The van der Waals surface area contributed by atoms with E-state index in [1.807, 2.05) is 55.6 Å². The van der Waals surface area contributed by atoms with Gasteiger partial charge in [-0.25, -0.2) is 4.98 Å². The Balaban J connectivity index is 1.54. The first kappa shape index (κ1) is 23.1. The maximum atomic E-state index is 13.4. The molecule has 3 aromatic heterocycles. The van der Waals surface area contributed by atoms with Gasteiger partial charge in [-0.15, -0.1) is 11.3 Å². The summed E-state index contributed by atoms with van der Waals surface area (Å²) in [4.78, 5) is 31.7. The molecule has 0 spiro atoms. The summed E-state index contributed by atoms with van der Waals surface area (Å²) in [6.07, 6.45) is 0. The number of thiophene rings is 1. The molecular weight excluding hydrogens is 458 g/mol. The normalized spacial score (nSPS) is 11.1. The number of carbonyl (C=O) groups is 1. The van der Waals surface area contributed by atoms with E-state index in [4.69, 9.17) is 9.72 Å². The Kier molecular flexibility index (Phi) is 7.14. The zero-order chi connectivity index (χ0) is 23.4.